The van der Waals surface area contributed by atoms with E-state index in [1.807, 2.05) is 19.1 Å². The summed E-state index contributed by atoms with van der Waals surface area (Å²) in [6.45, 7) is 3.95. The fourth-order valence-electron chi connectivity index (χ4n) is 1.10. The van der Waals surface area contributed by atoms with Gasteiger partial charge in [0.2, 0.25) is 0 Å². The van der Waals surface area contributed by atoms with Gasteiger partial charge in [-0.05, 0) is 31.5 Å². The quantitative estimate of drug-likeness (QED) is 0.355. The number of anilines is 1. The van der Waals surface area contributed by atoms with Crippen molar-refractivity contribution in [2.75, 3.05) is 11.5 Å². The van der Waals surface area contributed by atoms with Crippen molar-refractivity contribution in [3.05, 3.63) is 23.8 Å². The molecular formula is C12H15NS. The van der Waals surface area contributed by atoms with E-state index in [0.29, 0.717) is 0 Å². The highest BCUT2D eigenvalue weighted by molar-refractivity contribution is 7.99. The molecule has 14 heavy (non-hydrogen) atoms. The summed E-state index contributed by atoms with van der Waals surface area (Å²) in [6.07, 6.45) is 0.925. The molecule has 0 spiro atoms. The second kappa shape index (κ2) is 5.62. The third-order valence-electron chi connectivity index (χ3n) is 1.83. The molecule has 0 aliphatic carbocycles. The van der Waals surface area contributed by atoms with Crippen molar-refractivity contribution in [3.63, 3.8) is 0 Å². The first-order valence-corrected chi connectivity index (χ1v) is 5.61. The molecule has 0 amide bonds. The lowest BCUT2D eigenvalue weighted by atomic mass is 10.2. The highest BCUT2D eigenvalue weighted by Gasteiger charge is 1.98. The van der Waals surface area contributed by atoms with Crippen molar-refractivity contribution in [2.24, 2.45) is 0 Å². The largest absolute Gasteiger partial charge is 0.398 e. The van der Waals surface area contributed by atoms with Gasteiger partial charge in [-0.2, -0.15) is 0 Å². The van der Waals surface area contributed by atoms with Gasteiger partial charge in [-0.25, -0.2) is 0 Å². The van der Waals surface area contributed by atoms with Gasteiger partial charge >= 0.3 is 0 Å². The molecule has 0 aromatic heterocycles. The molecule has 0 fully saturated rings. The fourth-order valence-corrected chi connectivity index (χ4v) is 2.03. The van der Waals surface area contributed by atoms with Gasteiger partial charge < -0.3 is 5.73 Å². The van der Waals surface area contributed by atoms with Crippen molar-refractivity contribution in [2.45, 2.75) is 25.2 Å². The van der Waals surface area contributed by atoms with Crippen LogP contribution in [0.2, 0.25) is 0 Å². The summed E-state index contributed by atoms with van der Waals surface area (Å²) in [5.74, 6) is 6.93. The van der Waals surface area contributed by atoms with E-state index in [4.69, 9.17) is 5.73 Å². The summed E-state index contributed by atoms with van der Waals surface area (Å²) < 4.78 is 0. The first kappa shape index (κ1) is 11.0. The Morgan fingerprint density at radius 1 is 1.43 bits per heavy atom. The van der Waals surface area contributed by atoms with Crippen LogP contribution in [0.4, 0.5) is 5.69 Å². The Bertz CT molecular complexity index is 360. The van der Waals surface area contributed by atoms with Gasteiger partial charge in [0.05, 0.1) is 0 Å². The van der Waals surface area contributed by atoms with Crippen molar-refractivity contribution in [1.29, 1.82) is 0 Å². The molecule has 0 saturated carbocycles. The smallest absolute Gasteiger partial charge is 0.0452 e. The maximum Gasteiger partial charge on any atom is 0.0452 e. The van der Waals surface area contributed by atoms with Crippen molar-refractivity contribution in [3.8, 4) is 11.8 Å². The Labute approximate surface area is 90.1 Å². The molecule has 0 radical (unpaired) electrons. The predicted molar refractivity (Wildman–Crippen MR) is 64.4 cm³/mol. The average molecular weight is 205 g/mol. The summed E-state index contributed by atoms with van der Waals surface area (Å²) in [6, 6.07) is 6.12. The van der Waals surface area contributed by atoms with E-state index in [1.165, 1.54) is 10.5 Å². The van der Waals surface area contributed by atoms with Crippen LogP contribution in [0.15, 0.2) is 23.1 Å². The molecule has 1 nitrogen and oxygen atoms in total. The molecule has 0 atom stereocenters. The predicted octanol–water partition coefficient (Wildman–Crippen LogP) is 3.08. The SMILES string of the molecule is CC#CCCSc1cc(C)ccc1N. The van der Waals surface area contributed by atoms with Crippen LogP contribution in [0, 0.1) is 18.8 Å². The first-order chi connectivity index (χ1) is 6.74. The summed E-state index contributed by atoms with van der Waals surface area (Å²) in [5.41, 5.74) is 7.97. The highest BCUT2D eigenvalue weighted by atomic mass is 32.2. The van der Waals surface area contributed by atoms with E-state index in [9.17, 15) is 0 Å². The number of thioether (sulfide) groups is 1. The monoisotopic (exact) mass is 205 g/mol. The van der Waals surface area contributed by atoms with Crippen LogP contribution in [0.5, 0.6) is 0 Å². The Balaban J connectivity index is 2.56. The average Bonchev–Trinajstić information content (AvgIpc) is 2.18. The lowest BCUT2D eigenvalue weighted by Gasteiger charge is -2.04. The van der Waals surface area contributed by atoms with Gasteiger partial charge in [0, 0.05) is 22.8 Å². The normalized spacial score (nSPS) is 9.29. The van der Waals surface area contributed by atoms with Crippen LogP contribution in [-0.4, -0.2) is 5.75 Å². The topological polar surface area (TPSA) is 26.0 Å². The first-order valence-electron chi connectivity index (χ1n) is 4.62. The number of hydrogen-bond donors (Lipinski definition) is 1. The Hall–Kier alpha value is -1.07. The highest BCUT2D eigenvalue weighted by Crippen LogP contribution is 2.26. The number of aryl methyl sites for hydroxylation is 1. The molecule has 74 valence electrons. The zero-order valence-corrected chi connectivity index (χ0v) is 9.45. The minimum Gasteiger partial charge on any atom is -0.398 e. The molecule has 0 aliphatic heterocycles. The van der Waals surface area contributed by atoms with Crippen LogP contribution in [0.3, 0.4) is 0 Å². The van der Waals surface area contributed by atoms with Crippen LogP contribution in [0.1, 0.15) is 18.9 Å². The van der Waals surface area contributed by atoms with Gasteiger partial charge in [-0.3, -0.25) is 0 Å². The van der Waals surface area contributed by atoms with Gasteiger partial charge in [-0.15, -0.1) is 23.6 Å². The van der Waals surface area contributed by atoms with Crippen molar-refractivity contribution >= 4 is 17.4 Å². The van der Waals surface area contributed by atoms with Gasteiger partial charge in [0.1, 0.15) is 0 Å². The summed E-state index contributed by atoms with van der Waals surface area (Å²) >= 11 is 1.77. The summed E-state index contributed by atoms with van der Waals surface area (Å²) in [7, 11) is 0. The molecule has 1 aromatic rings. The van der Waals surface area contributed by atoms with Crippen molar-refractivity contribution < 1.29 is 0 Å². The van der Waals surface area contributed by atoms with E-state index >= 15 is 0 Å². The second-order valence-corrected chi connectivity index (χ2v) is 4.20. The van der Waals surface area contributed by atoms with E-state index in [-0.39, 0.29) is 0 Å². The molecular weight excluding hydrogens is 190 g/mol. The summed E-state index contributed by atoms with van der Waals surface area (Å²) in [4.78, 5) is 1.17. The van der Waals surface area contributed by atoms with Gasteiger partial charge in [0.15, 0.2) is 0 Å². The lowest BCUT2D eigenvalue weighted by Crippen LogP contribution is -1.89. The number of nitrogens with two attached hydrogens (primary N) is 1. The molecule has 0 unspecified atom stereocenters. The van der Waals surface area contributed by atoms with Crippen LogP contribution in [0.25, 0.3) is 0 Å². The zero-order chi connectivity index (χ0) is 10.4. The second-order valence-electron chi connectivity index (χ2n) is 3.07. The minimum atomic E-state index is 0.866. The van der Waals surface area contributed by atoms with Crippen molar-refractivity contribution in [1.82, 2.24) is 0 Å². The molecule has 0 heterocycles. The number of hydrogen-bond acceptors (Lipinski definition) is 2. The minimum absolute atomic E-state index is 0.866. The molecule has 2 N–H and O–H groups in total. The van der Waals surface area contributed by atoms with Gasteiger partial charge in [0.25, 0.3) is 0 Å². The van der Waals surface area contributed by atoms with Crippen LogP contribution in [-0.2, 0) is 0 Å². The molecule has 1 aromatic carbocycles. The fraction of sp³-hybridized carbons (Fsp3) is 0.333. The molecule has 0 bridgehead atoms. The summed E-state index contributed by atoms with van der Waals surface area (Å²) in [5, 5.41) is 0. The molecule has 2 heteroatoms. The van der Waals surface area contributed by atoms with Crippen LogP contribution < -0.4 is 5.73 Å². The maximum absolute atomic E-state index is 5.85. The molecule has 0 saturated heterocycles. The van der Waals surface area contributed by atoms with E-state index in [2.05, 4.69) is 24.8 Å². The van der Waals surface area contributed by atoms with Crippen LogP contribution >= 0.6 is 11.8 Å². The Morgan fingerprint density at radius 2 is 2.21 bits per heavy atom. The van der Waals surface area contributed by atoms with E-state index < -0.39 is 0 Å². The zero-order valence-electron chi connectivity index (χ0n) is 8.63. The van der Waals surface area contributed by atoms with E-state index in [1.54, 1.807) is 11.8 Å². The molecule has 0 aliphatic rings. The van der Waals surface area contributed by atoms with Gasteiger partial charge in [-0.1, -0.05) is 6.07 Å². The third kappa shape index (κ3) is 3.35. The van der Waals surface area contributed by atoms with E-state index in [0.717, 1.165) is 17.9 Å². The standard InChI is InChI=1S/C12H15NS/c1-3-4-5-8-14-12-9-10(2)6-7-11(12)13/h6-7,9H,5,8,13H2,1-2H3. The lowest BCUT2D eigenvalue weighted by molar-refractivity contribution is 1.28. The Morgan fingerprint density at radius 3 is 2.93 bits per heavy atom. The number of nitrogen functional groups attached to an aromatic ring is 1. The number of benzene rings is 1. The Kier molecular flexibility index (Phi) is 4.42. The molecule has 1 rings (SSSR count). The maximum atomic E-state index is 5.85. The number of rotatable bonds is 3. The third-order valence-corrected chi connectivity index (χ3v) is 2.90.